The highest BCUT2D eigenvalue weighted by atomic mass is 16.6. The van der Waals surface area contributed by atoms with Gasteiger partial charge in [0.2, 0.25) is 0 Å². The van der Waals surface area contributed by atoms with Crippen LogP contribution in [-0.4, -0.2) is 26.3 Å². The molecule has 3 nitrogen and oxygen atoms in total. The molecular formula is C12H13NO2. The molecule has 0 saturated carbocycles. The van der Waals surface area contributed by atoms with Crippen molar-refractivity contribution in [3.05, 3.63) is 29.8 Å². The highest BCUT2D eigenvalue weighted by Crippen LogP contribution is 2.33. The number of hydrogen-bond acceptors (Lipinski definition) is 3. The van der Waals surface area contributed by atoms with Crippen molar-refractivity contribution in [2.24, 2.45) is 0 Å². The summed E-state index contributed by atoms with van der Waals surface area (Å²) < 4.78 is 11.0. The molecule has 0 bridgehead atoms. The first kappa shape index (κ1) is 8.80. The topological polar surface area (TPSA) is 30.5 Å². The summed E-state index contributed by atoms with van der Waals surface area (Å²) in [5.41, 5.74) is 2.57. The van der Waals surface area contributed by atoms with Crippen LogP contribution in [0.1, 0.15) is 5.56 Å². The van der Waals surface area contributed by atoms with Crippen LogP contribution in [0.3, 0.4) is 0 Å². The average Bonchev–Trinajstić information content (AvgIpc) is 2.82. The molecule has 0 radical (unpaired) electrons. The number of benzene rings is 1. The lowest BCUT2D eigenvalue weighted by atomic mass is 10.1. The van der Waals surface area contributed by atoms with Crippen LogP contribution >= 0.6 is 0 Å². The maximum absolute atomic E-state index is 5.55. The first-order valence-corrected chi connectivity index (χ1v) is 5.23. The zero-order chi connectivity index (χ0) is 10.1. The monoisotopic (exact) mass is 203 g/mol. The third kappa shape index (κ3) is 1.59. The van der Waals surface area contributed by atoms with Crippen molar-refractivity contribution in [1.29, 1.82) is 0 Å². The van der Waals surface area contributed by atoms with Crippen molar-refractivity contribution in [2.75, 3.05) is 26.3 Å². The lowest BCUT2D eigenvalue weighted by molar-refractivity contribution is 0.171. The molecule has 0 amide bonds. The van der Waals surface area contributed by atoms with Crippen LogP contribution in [0.4, 0.5) is 0 Å². The number of nitrogens with one attached hydrogen (secondary N) is 1. The number of ether oxygens (including phenoxy) is 2. The van der Waals surface area contributed by atoms with Gasteiger partial charge in [-0.15, -0.1) is 0 Å². The lowest BCUT2D eigenvalue weighted by Crippen LogP contribution is -2.15. The molecule has 0 unspecified atom stereocenters. The van der Waals surface area contributed by atoms with Gasteiger partial charge in [-0.2, -0.15) is 0 Å². The van der Waals surface area contributed by atoms with Crippen molar-refractivity contribution in [2.45, 2.75) is 0 Å². The van der Waals surface area contributed by atoms with E-state index in [1.54, 1.807) is 0 Å². The Morgan fingerprint density at radius 3 is 2.73 bits per heavy atom. The molecule has 0 fully saturated rings. The van der Waals surface area contributed by atoms with Crippen molar-refractivity contribution < 1.29 is 9.47 Å². The summed E-state index contributed by atoms with van der Waals surface area (Å²) >= 11 is 0. The highest BCUT2D eigenvalue weighted by Gasteiger charge is 2.14. The second kappa shape index (κ2) is 3.59. The van der Waals surface area contributed by atoms with Crippen molar-refractivity contribution in [3.8, 4) is 11.5 Å². The predicted molar refractivity (Wildman–Crippen MR) is 58.3 cm³/mol. The minimum absolute atomic E-state index is 0.647. The molecule has 0 aliphatic carbocycles. The molecule has 1 aromatic rings. The van der Waals surface area contributed by atoms with Crippen molar-refractivity contribution >= 4 is 5.57 Å². The molecule has 1 N–H and O–H groups in total. The molecule has 15 heavy (non-hydrogen) atoms. The molecule has 0 aromatic heterocycles. The minimum Gasteiger partial charge on any atom is -0.486 e. The average molecular weight is 203 g/mol. The summed E-state index contributed by atoms with van der Waals surface area (Å²) in [4.78, 5) is 0. The van der Waals surface area contributed by atoms with Gasteiger partial charge in [-0.25, -0.2) is 0 Å². The molecule has 2 heterocycles. The Morgan fingerprint density at radius 1 is 1.07 bits per heavy atom. The fourth-order valence-corrected chi connectivity index (χ4v) is 1.94. The third-order valence-corrected chi connectivity index (χ3v) is 2.72. The van der Waals surface area contributed by atoms with E-state index < -0.39 is 0 Å². The van der Waals surface area contributed by atoms with Crippen LogP contribution in [0.25, 0.3) is 5.57 Å². The Hall–Kier alpha value is -1.48. The molecule has 0 atom stereocenters. The molecule has 1 aromatic carbocycles. The largest absolute Gasteiger partial charge is 0.486 e. The summed E-state index contributed by atoms with van der Waals surface area (Å²) in [6, 6.07) is 6.14. The predicted octanol–water partition coefficient (Wildman–Crippen LogP) is 1.44. The Labute approximate surface area is 88.7 Å². The van der Waals surface area contributed by atoms with E-state index in [2.05, 4.69) is 23.5 Å². The smallest absolute Gasteiger partial charge is 0.161 e. The van der Waals surface area contributed by atoms with Crippen LogP contribution in [0, 0.1) is 0 Å². The standard InChI is InChI=1S/C12H13NO2/c1-2-11-12(15-6-5-14-11)7-9(1)10-3-4-13-8-10/h1-3,7,13H,4-6,8H2. The Balaban J connectivity index is 1.96. The summed E-state index contributed by atoms with van der Waals surface area (Å²) in [6.45, 7) is 3.20. The zero-order valence-corrected chi connectivity index (χ0v) is 8.45. The van der Waals surface area contributed by atoms with Crippen molar-refractivity contribution in [1.82, 2.24) is 5.32 Å². The van der Waals surface area contributed by atoms with Gasteiger partial charge < -0.3 is 14.8 Å². The van der Waals surface area contributed by atoms with Crippen LogP contribution < -0.4 is 14.8 Å². The van der Waals surface area contributed by atoms with Gasteiger partial charge in [0.1, 0.15) is 13.2 Å². The molecular weight excluding hydrogens is 190 g/mol. The molecule has 0 saturated heterocycles. The number of hydrogen-bond donors (Lipinski definition) is 1. The molecule has 2 aliphatic heterocycles. The van der Waals surface area contributed by atoms with E-state index >= 15 is 0 Å². The zero-order valence-electron chi connectivity index (χ0n) is 8.45. The second-order valence-electron chi connectivity index (χ2n) is 3.72. The highest BCUT2D eigenvalue weighted by molar-refractivity contribution is 5.71. The molecule has 78 valence electrons. The van der Waals surface area contributed by atoms with Gasteiger partial charge in [-0.3, -0.25) is 0 Å². The summed E-state index contributed by atoms with van der Waals surface area (Å²) in [6.07, 6.45) is 2.21. The maximum Gasteiger partial charge on any atom is 0.161 e. The first-order chi connectivity index (χ1) is 7.43. The Bertz CT molecular complexity index is 412. The minimum atomic E-state index is 0.647. The van der Waals surface area contributed by atoms with Crippen LogP contribution in [-0.2, 0) is 0 Å². The summed E-state index contributed by atoms with van der Waals surface area (Å²) in [5.74, 6) is 1.73. The van der Waals surface area contributed by atoms with E-state index in [0.717, 1.165) is 24.6 Å². The molecule has 3 rings (SSSR count). The maximum atomic E-state index is 5.55. The fourth-order valence-electron chi connectivity index (χ4n) is 1.94. The summed E-state index contributed by atoms with van der Waals surface area (Å²) in [7, 11) is 0. The molecule has 3 heteroatoms. The van der Waals surface area contributed by atoms with E-state index in [1.165, 1.54) is 11.1 Å². The first-order valence-electron chi connectivity index (χ1n) is 5.23. The van der Waals surface area contributed by atoms with Gasteiger partial charge >= 0.3 is 0 Å². The van der Waals surface area contributed by atoms with E-state index in [4.69, 9.17) is 9.47 Å². The van der Waals surface area contributed by atoms with Gasteiger partial charge in [0.15, 0.2) is 11.5 Å². The van der Waals surface area contributed by atoms with Crippen molar-refractivity contribution in [3.63, 3.8) is 0 Å². The van der Waals surface area contributed by atoms with Crippen LogP contribution in [0.5, 0.6) is 11.5 Å². The van der Waals surface area contributed by atoms with Gasteiger partial charge in [0.05, 0.1) is 0 Å². The van der Waals surface area contributed by atoms with Crippen LogP contribution in [0.15, 0.2) is 24.3 Å². The van der Waals surface area contributed by atoms with E-state index in [9.17, 15) is 0 Å². The van der Waals surface area contributed by atoms with Gasteiger partial charge in [-0.1, -0.05) is 12.1 Å². The van der Waals surface area contributed by atoms with E-state index in [-0.39, 0.29) is 0 Å². The van der Waals surface area contributed by atoms with Gasteiger partial charge in [0, 0.05) is 13.1 Å². The fraction of sp³-hybridized carbons (Fsp3) is 0.333. The van der Waals surface area contributed by atoms with Gasteiger partial charge in [0.25, 0.3) is 0 Å². The van der Waals surface area contributed by atoms with Crippen LogP contribution in [0.2, 0.25) is 0 Å². The van der Waals surface area contributed by atoms with Gasteiger partial charge in [-0.05, 0) is 23.3 Å². The molecule has 2 aliphatic rings. The third-order valence-electron chi connectivity index (χ3n) is 2.72. The number of rotatable bonds is 1. The normalized spacial score (nSPS) is 18.8. The SMILES string of the molecule is C1=C(c2ccc3c(c2)OCCO3)CNC1. The Kier molecular flexibility index (Phi) is 2.10. The van der Waals surface area contributed by atoms with E-state index in [1.807, 2.05) is 6.07 Å². The second-order valence-corrected chi connectivity index (χ2v) is 3.72. The number of fused-ring (bicyclic) bond motifs is 1. The Morgan fingerprint density at radius 2 is 1.93 bits per heavy atom. The molecule has 0 spiro atoms. The quantitative estimate of drug-likeness (QED) is 0.749. The van der Waals surface area contributed by atoms with E-state index in [0.29, 0.717) is 13.2 Å². The summed E-state index contributed by atoms with van der Waals surface area (Å²) in [5, 5.41) is 3.29. The lowest BCUT2D eigenvalue weighted by Gasteiger charge is -2.19.